The number of piperidine rings is 1. The number of carbonyl (C=O) groups is 2. The Balaban J connectivity index is 1.56. The molecule has 1 unspecified atom stereocenters. The van der Waals surface area contributed by atoms with E-state index in [1.54, 1.807) is 11.0 Å². The first-order chi connectivity index (χ1) is 12.5. The molecule has 0 spiro atoms. The third kappa shape index (κ3) is 4.45. The molecule has 2 heterocycles. The van der Waals surface area contributed by atoms with Crippen LogP contribution in [0.5, 0.6) is 0 Å². The SMILES string of the molecule is Cc1cccc(C(=O)N2CCCC(CNC(=O)c3ccc(F)cc3)C2)n1. The molecule has 6 heteroatoms. The monoisotopic (exact) mass is 355 g/mol. The fourth-order valence-electron chi connectivity index (χ4n) is 3.18. The van der Waals surface area contributed by atoms with Gasteiger partial charge in [0, 0.05) is 30.9 Å². The minimum Gasteiger partial charge on any atom is -0.352 e. The van der Waals surface area contributed by atoms with Crippen LogP contribution < -0.4 is 5.32 Å². The van der Waals surface area contributed by atoms with Crippen LogP contribution in [0, 0.1) is 18.7 Å². The van der Waals surface area contributed by atoms with E-state index in [0.29, 0.717) is 30.9 Å². The quantitative estimate of drug-likeness (QED) is 0.917. The predicted octanol–water partition coefficient (Wildman–Crippen LogP) is 2.81. The zero-order valence-corrected chi connectivity index (χ0v) is 14.7. The van der Waals surface area contributed by atoms with E-state index in [9.17, 15) is 14.0 Å². The lowest BCUT2D eigenvalue weighted by atomic mass is 9.97. The molecule has 136 valence electrons. The van der Waals surface area contributed by atoms with Crippen molar-refractivity contribution in [3.8, 4) is 0 Å². The summed E-state index contributed by atoms with van der Waals surface area (Å²) in [6.07, 6.45) is 1.85. The van der Waals surface area contributed by atoms with Crippen LogP contribution in [0.2, 0.25) is 0 Å². The van der Waals surface area contributed by atoms with Gasteiger partial charge in [-0.05, 0) is 62.1 Å². The van der Waals surface area contributed by atoms with Gasteiger partial charge in [0.2, 0.25) is 0 Å². The second kappa shape index (κ2) is 8.08. The van der Waals surface area contributed by atoms with Crippen molar-refractivity contribution < 1.29 is 14.0 Å². The third-order valence-electron chi connectivity index (χ3n) is 4.57. The largest absolute Gasteiger partial charge is 0.352 e. The van der Waals surface area contributed by atoms with Gasteiger partial charge in [-0.25, -0.2) is 9.37 Å². The molecule has 0 radical (unpaired) electrons. The van der Waals surface area contributed by atoms with Gasteiger partial charge in [0.25, 0.3) is 11.8 Å². The van der Waals surface area contributed by atoms with Crippen LogP contribution in [0.4, 0.5) is 4.39 Å². The normalized spacial score (nSPS) is 17.0. The number of likely N-dealkylation sites (tertiary alicyclic amines) is 1. The molecule has 1 aromatic heterocycles. The van der Waals surface area contributed by atoms with Gasteiger partial charge in [-0.3, -0.25) is 9.59 Å². The number of benzene rings is 1. The van der Waals surface area contributed by atoms with E-state index in [-0.39, 0.29) is 23.5 Å². The average Bonchev–Trinajstić information content (AvgIpc) is 2.66. The number of hydrogen-bond acceptors (Lipinski definition) is 3. The first kappa shape index (κ1) is 18.0. The fourth-order valence-corrected chi connectivity index (χ4v) is 3.18. The topological polar surface area (TPSA) is 62.3 Å². The lowest BCUT2D eigenvalue weighted by molar-refractivity contribution is 0.0665. The number of amides is 2. The summed E-state index contributed by atoms with van der Waals surface area (Å²) in [5.74, 6) is -0.466. The molecular weight excluding hydrogens is 333 g/mol. The van der Waals surface area contributed by atoms with E-state index >= 15 is 0 Å². The van der Waals surface area contributed by atoms with Gasteiger partial charge in [0.15, 0.2) is 0 Å². The first-order valence-electron chi connectivity index (χ1n) is 8.79. The minimum absolute atomic E-state index is 0.0664. The number of carbonyl (C=O) groups excluding carboxylic acids is 2. The maximum atomic E-state index is 12.9. The maximum Gasteiger partial charge on any atom is 0.272 e. The molecule has 1 saturated heterocycles. The molecule has 0 bridgehead atoms. The molecule has 2 aromatic rings. The van der Waals surface area contributed by atoms with Gasteiger partial charge in [0.1, 0.15) is 11.5 Å². The molecule has 5 nitrogen and oxygen atoms in total. The fraction of sp³-hybridized carbons (Fsp3) is 0.350. The number of nitrogens with zero attached hydrogens (tertiary/aromatic N) is 2. The van der Waals surface area contributed by atoms with E-state index in [0.717, 1.165) is 18.5 Å². The van der Waals surface area contributed by atoms with Gasteiger partial charge in [-0.1, -0.05) is 6.07 Å². The number of hydrogen-bond donors (Lipinski definition) is 1. The molecule has 0 aliphatic carbocycles. The summed E-state index contributed by atoms with van der Waals surface area (Å²) < 4.78 is 12.9. The lowest BCUT2D eigenvalue weighted by Gasteiger charge is -2.32. The summed E-state index contributed by atoms with van der Waals surface area (Å²) in [7, 11) is 0. The van der Waals surface area contributed by atoms with E-state index in [1.165, 1.54) is 24.3 Å². The number of aromatic nitrogens is 1. The van der Waals surface area contributed by atoms with Crippen molar-refractivity contribution in [2.24, 2.45) is 5.92 Å². The van der Waals surface area contributed by atoms with Crippen LogP contribution in [0.15, 0.2) is 42.5 Å². The van der Waals surface area contributed by atoms with Gasteiger partial charge in [0.05, 0.1) is 0 Å². The summed E-state index contributed by atoms with van der Waals surface area (Å²) in [6.45, 7) is 3.65. The lowest BCUT2D eigenvalue weighted by Crippen LogP contribution is -2.44. The molecule has 3 rings (SSSR count). The van der Waals surface area contributed by atoms with Crippen molar-refractivity contribution in [2.75, 3.05) is 19.6 Å². The highest BCUT2D eigenvalue weighted by Crippen LogP contribution is 2.18. The van der Waals surface area contributed by atoms with E-state index in [1.807, 2.05) is 19.1 Å². The Morgan fingerprint density at radius 2 is 2.00 bits per heavy atom. The van der Waals surface area contributed by atoms with Crippen LogP contribution in [0.25, 0.3) is 0 Å². The Hall–Kier alpha value is -2.76. The van der Waals surface area contributed by atoms with Crippen molar-refractivity contribution in [2.45, 2.75) is 19.8 Å². The molecule has 1 aliphatic heterocycles. The number of halogens is 1. The highest BCUT2D eigenvalue weighted by atomic mass is 19.1. The number of rotatable bonds is 4. The first-order valence-corrected chi connectivity index (χ1v) is 8.79. The number of aryl methyl sites for hydroxylation is 1. The van der Waals surface area contributed by atoms with Crippen LogP contribution >= 0.6 is 0 Å². The second-order valence-corrected chi connectivity index (χ2v) is 6.64. The van der Waals surface area contributed by atoms with Gasteiger partial charge >= 0.3 is 0 Å². The summed E-state index contributed by atoms with van der Waals surface area (Å²) >= 11 is 0. The highest BCUT2D eigenvalue weighted by molar-refractivity contribution is 5.94. The molecule has 0 saturated carbocycles. The third-order valence-corrected chi connectivity index (χ3v) is 4.57. The summed E-state index contributed by atoms with van der Waals surface area (Å²) in [5, 5.41) is 2.88. The zero-order chi connectivity index (χ0) is 18.5. The number of pyridine rings is 1. The molecule has 26 heavy (non-hydrogen) atoms. The van der Waals surface area contributed by atoms with E-state index in [4.69, 9.17) is 0 Å². The Morgan fingerprint density at radius 1 is 1.23 bits per heavy atom. The van der Waals surface area contributed by atoms with Crippen molar-refractivity contribution in [3.63, 3.8) is 0 Å². The predicted molar refractivity (Wildman–Crippen MR) is 96.3 cm³/mol. The Bertz CT molecular complexity index is 792. The highest BCUT2D eigenvalue weighted by Gasteiger charge is 2.25. The van der Waals surface area contributed by atoms with Crippen molar-refractivity contribution in [1.82, 2.24) is 15.2 Å². The number of nitrogens with one attached hydrogen (secondary N) is 1. The van der Waals surface area contributed by atoms with Gasteiger partial charge in [-0.15, -0.1) is 0 Å². The zero-order valence-electron chi connectivity index (χ0n) is 14.7. The molecule has 2 amide bonds. The molecule has 1 atom stereocenters. The molecule has 1 aliphatic rings. The Morgan fingerprint density at radius 3 is 2.73 bits per heavy atom. The van der Waals surface area contributed by atoms with Crippen molar-refractivity contribution in [3.05, 3.63) is 65.2 Å². The molecular formula is C20H22FN3O2. The maximum absolute atomic E-state index is 12.9. The molecule has 1 aromatic carbocycles. The summed E-state index contributed by atoms with van der Waals surface area (Å²) in [5.41, 5.74) is 1.70. The van der Waals surface area contributed by atoms with Crippen molar-refractivity contribution >= 4 is 11.8 Å². The molecule has 1 fully saturated rings. The average molecular weight is 355 g/mol. The van der Waals surface area contributed by atoms with Crippen LogP contribution in [-0.4, -0.2) is 41.3 Å². The molecule has 1 N–H and O–H groups in total. The smallest absolute Gasteiger partial charge is 0.272 e. The van der Waals surface area contributed by atoms with Gasteiger partial charge in [-0.2, -0.15) is 0 Å². The van der Waals surface area contributed by atoms with Crippen molar-refractivity contribution in [1.29, 1.82) is 0 Å². The van der Waals surface area contributed by atoms with Crippen LogP contribution in [0.3, 0.4) is 0 Å². The van der Waals surface area contributed by atoms with Gasteiger partial charge < -0.3 is 10.2 Å². The minimum atomic E-state index is -0.368. The Kier molecular flexibility index (Phi) is 5.61. The van der Waals surface area contributed by atoms with E-state index in [2.05, 4.69) is 10.3 Å². The standard InChI is InChI=1S/C20H22FN3O2/c1-14-4-2-6-18(23-14)20(26)24-11-3-5-15(13-24)12-22-19(25)16-7-9-17(21)10-8-16/h2,4,6-10,15H,3,5,11-13H2,1H3,(H,22,25). The summed E-state index contributed by atoms with van der Waals surface area (Å²) in [4.78, 5) is 30.9. The Labute approximate surface area is 152 Å². The van der Waals surface area contributed by atoms with Crippen LogP contribution in [-0.2, 0) is 0 Å². The van der Waals surface area contributed by atoms with Crippen LogP contribution in [0.1, 0.15) is 39.4 Å². The van der Waals surface area contributed by atoms with E-state index < -0.39 is 0 Å². The second-order valence-electron chi connectivity index (χ2n) is 6.64. The summed E-state index contributed by atoms with van der Waals surface area (Å²) in [6, 6.07) is 10.9.